The first kappa shape index (κ1) is 12.4. The molecule has 1 aromatic carbocycles. The van der Waals surface area contributed by atoms with Gasteiger partial charge in [-0.25, -0.2) is 0 Å². The zero-order chi connectivity index (χ0) is 10.9. The van der Waals surface area contributed by atoms with E-state index in [1.807, 2.05) is 13.0 Å². The first-order valence-electron chi connectivity index (χ1n) is 5.59. The van der Waals surface area contributed by atoms with E-state index < -0.39 is 9.04 Å². The van der Waals surface area contributed by atoms with E-state index in [9.17, 15) is 0 Å². The fourth-order valence-electron chi connectivity index (χ4n) is 1.39. The molecule has 84 valence electrons. The van der Waals surface area contributed by atoms with Crippen molar-refractivity contribution in [3.05, 3.63) is 30.3 Å². The van der Waals surface area contributed by atoms with Crippen molar-refractivity contribution in [1.82, 2.24) is 0 Å². The van der Waals surface area contributed by atoms with Gasteiger partial charge in [0.25, 0.3) is 0 Å². The molecule has 0 aliphatic heterocycles. The molecule has 1 rings (SSSR count). The number of rotatable bonds is 7. The van der Waals surface area contributed by atoms with Crippen molar-refractivity contribution in [3.63, 3.8) is 0 Å². The largest absolute Gasteiger partial charge is 0.416 e. The minimum Gasteiger partial charge on any atom is -0.416 e. The summed E-state index contributed by atoms with van der Waals surface area (Å²) in [6.45, 7) is 6.67. The van der Waals surface area contributed by atoms with Gasteiger partial charge in [0.2, 0.25) is 9.04 Å². The van der Waals surface area contributed by atoms with E-state index in [0.29, 0.717) is 0 Å². The Balaban J connectivity index is 2.16. The topological polar surface area (TPSA) is 18.5 Å². The highest BCUT2D eigenvalue weighted by molar-refractivity contribution is 6.66. The van der Waals surface area contributed by atoms with Crippen LogP contribution in [0.25, 0.3) is 0 Å². The predicted molar refractivity (Wildman–Crippen MR) is 66.2 cm³/mol. The van der Waals surface area contributed by atoms with Gasteiger partial charge in [-0.2, -0.15) is 0 Å². The van der Waals surface area contributed by atoms with E-state index in [1.54, 1.807) is 0 Å². The number of ether oxygens (including phenoxy) is 1. The Morgan fingerprint density at radius 3 is 2.53 bits per heavy atom. The van der Waals surface area contributed by atoms with Gasteiger partial charge in [0.15, 0.2) is 0 Å². The third-order valence-electron chi connectivity index (χ3n) is 2.27. The van der Waals surface area contributed by atoms with Gasteiger partial charge in [-0.1, -0.05) is 30.3 Å². The van der Waals surface area contributed by atoms with Crippen molar-refractivity contribution in [2.45, 2.75) is 19.9 Å². The third kappa shape index (κ3) is 5.11. The highest BCUT2D eigenvalue weighted by atomic mass is 28.3. The maximum Gasteiger partial charge on any atom is 0.205 e. The molecule has 1 atom stereocenters. The Bertz CT molecular complexity index is 251. The third-order valence-corrected chi connectivity index (χ3v) is 4.33. The first-order valence-corrected chi connectivity index (χ1v) is 7.79. The fraction of sp³-hybridized carbons (Fsp3) is 0.500. The molecule has 0 amide bonds. The monoisotopic (exact) mass is 224 g/mol. The Hall–Kier alpha value is -0.643. The Labute approximate surface area is 93.9 Å². The summed E-state index contributed by atoms with van der Waals surface area (Å²) < 4.78 is 11.1. The second-order valence-electron chi connectivity index (χ2n) is 3.47. The molecule has 0 fully saturated rings. The number of hydrogen-bond donors (Lipinski definition) is 0. The van der Waals surface area contributed by atoms with Crippen molar-refractivity contribution in [1.29, 1.82) is 0 Å². The van der Waals surface area contributed by atoms with Crippen LogP contribution in [0.4, 0.5) is 0 Å². The van der Waals surface area contributed by atoms with Crippen LogP contribution in [0.5, 0.6) is 0 Å². The van der Waals surface area contributed by atoms with Gasteiger partial charge in [0, 0.05) is 19.8 Å². The van der Waals surface area contributed by atoms with E-state index in [0.717, 1.165) is 26.2 Å². The molecule has 15 heavy (non-hydrogen) atoms. The normalized spacial score (nSPS) is 12.7. The zero-order valence-electron chi connectivity index (χ0n) is 9.61. The van der Waals surface area contributed by atoms with E-state index in [4.69, 9.17) is 9.16 Å². The summed E-state index contributed by atoms with van der Waals surface area (Å²) in [6, 6.07) is 10.5. The maximum atomic E-state index is 5.83. The number of hydrogen-bond acceptors (Lipinski definition) is 2. The van der Waals surface area contributed by atoms with Crippen LogP contribution in [0.15, 0.2) is 30.3 Å². The highest BCUT2D eigenvalue weighted by Gasteiger charge is 2.06. The average Bonchev–Trinajstić information content (AvgIpc) is 2.30. The minimum absolute atomic E-state index is 0.797. The quantitative estimate of drug-likeness (QED) is 0.518. The van der Waals surface area contributed by atoms with Gasteiger partial charge in [0.1, 0.15) is 0 Å². The van der Waals surface area contributed by atoms with Crippen LogP contribution in [-0.4, -0.2) is 28.9 Å². The Morgan fingerprint density at radius 2 is 1.87 bits per heavy atom. The van der Waals surface area contributed by atoms with Crippen molar-refractivity contribution in [3.8, 4) is 0 Å². The van der Waals surface area contributed by atoms with Gasteiger partial charge < -0.3 is 9.16 Å². The molecule has 0 aromatic heterocycles. The molecular formula is C12H20O2Si. The lowest BCUT2D eigenvalue weighted by molar-refractivity contribution is 0.131. The molecule has 2 nitrogen and oxygen atoms in total. The summed E-state index contributed by atoms with van der Waals surface area (Å²) in [5, 5.41) is 1.37. The molecule has 0 N–H and O–H groups in total. The molecule has 1 aromatic rings. The van der Waals surface area contributed by atoms with Crippen molar-refractivity contribution in [2.75, 3.05) is 19.8 Å². The molecular weight excluding hydrogens is 204 g/mol. The van der Waals surface area contributed by atoms with Gasteiger partial charge in [0.05, 0.1) is 0 Å². The smallest absolute Gasteiger partial charge is 0.205 e. The Kier molecular flexibility index (Phi) is 6.32. The molecule has 1 unspecified atom stereocenters. The SMILES string of the molecule is CCOCCCO[SiH](C)c1ccccc1. The zero-order valence-corrected chi connectivity index (χ0v) is 10.8. The van der Waals surface area contributed by atoms with Crippen LogP contribution < -0.4 is 5.19 Å². The van der Waals surface area contributed by atoms with Crippen LogP contribution in [0, 0.1) is 0 Å². The summed E-state index contributed by atoms with van der Waals surface area (Å²) >= 11 is 0. The summed E-state index contributed by atoms with van der Waals surface area (Å²) in [7, 11) is -1.17. The van der Waals surface area contributed by atoms with Gasteiger partial charge in [-0.3, -0.25) is 0 Å². The molecule has 0 aliphatic rings. The lowest BCUT2D eigenvalue weighted by Gasteiger charge is -2.11. The van der Waals surface area contributed by atoms with E-state index in [1.165, 1.54) is 5.19 Å². The van der Waals surface area contributed by atoms with Crippen molar-refractivity contribution in [2.24, 2.45) is 0 Å². The summed E-state index contributed by atoms with van der Waals surface area (Å²) in [5.74, 6) is 0. The molecule has 0 bridgehead atoms. The molecule has 3 heteroatoms. The fourth-order valence-corrected chi connectivity index (χ4v) is 2.86. The van der Waals surface area contributed by atoms with Crippen molar-refractivity contribution >= 4 is 14.2 Å². The van der Waals surface area contributed by atoms with Gasteiger partial charge >= 0.3 is 0 Å². The first-order chi connectivity index (χ1) is 7.34. The summed E-state index contributed by atoms with van der Waals surface area (Å²) in [4.78, 5) is 0. The minimum atomic E-state index is -1.17. The summed E-state index contributed by atoms with van der Waals surface area (Å²) in [5.41, 5.74) is 0. The molecule has 0 heterocycles. The van der Waals surface area contributed by atoms with Gasteiger partial charge in [-0.05, 0) is 25.1 Å². The molecule has 0 saturated heterocycles. The lowest BCUT2D eigenvalue weighted by Crippen LogP contribution is -2.30. The number of benzene rings is 1. The molecule has 0 spiro atoms. The van der Waals surface area contributed by atoms with Crippen LogP contribution in [-0.2, 0) is 9.16 Å². The van der Waals surface area contributed by atoms with E-state index in [2.05, 4.69) is 30.8 Å². The molecule has 0 aliphatic carbocycles. The maximum absolute atomic E-state index is 5.83. The van der Waals surface area contributed by atoms with Crippen molar-refractivity contribution < 1.29 is 9.16 Å². The predicted octanol–water partition coefficient (Wildman–Crippen LogP) is 1.69. The van der Waals surface area contributed by atoms with Crippen LogP contribution in [0.1, 0.15) is 13.3 Å². The summed E-state index contributed by atoms with van der Waals surface area (Å²) in [6.07, 6.45) is 0.998. The Morgan fingerprint density at radius 1 is 1.13 bits per heavy atom. The highest BCUT2D eigenvalue weighted by Crippen LogP contribution is 1.92. The van der Waals surface area contributed by atoms with Crippen LogP contribution in [0.3, 0.4) is 0 Å². The molecule has 0 radical (unpaired) electrons. The van der Waals surface area contributed by atoms with Crippen LogP contribution >= 0.6 is 0 Å². The van der Waals surface area contributed by atoms with E-state index in [-0.39, 0.29) is 0 Å². The average molecular weight is 224 g/mol. The second kappa shape index (κ2) is 7.62. The van der Waals surface area contributed by atoms with Crippen LogP contribution in [0.2, 0.25) is 6.55 Å². The lowest BCUT2D eigenvalue weighted by atomic mass is 10.4. The van der Waals surface area contributed by atoms with E-state index >= 15 is 0 Å². The second-order valence-corrected chi connectivity index (χ2v) is 5.76. The molecule has 0 saturated carbocycles. The van der Waals surface area contributed by atoms with Gasteiger partial charge in [-0.15, -0.1) is 0 Å². The standard InChI is InChI=1S/C12H20O2Si/c1-3-13-10-7-11-14-15(2)12-8-5-4-6-9-12/h4-6,8-9,15H,3,7,10-11H2,1-2H3.